The topological polar surface area (TPSA) is 131 Å². The predicted octanol–water partition coefficient (Wildman–Crippen LogP) is 2.03. The molecule has 9 heteroatoms. The van der Waals surface area contributed by atoms with Crippen molar-refractivity contribution < 1.29 is 24.2 Å². The minimum Gasteiger partial charge on any atom is -0.494 e. The van der Waals surface area contributed by atoms with Crippen molar-refractivity contribution in [2.75, 3.05) is 17.7 Å². The number of carbonyl (C=O) groups excluding carboxylic acids is 2. The minimum atomic E-state index is -1.35. The zero-order valence-electron chi connectivity index (χ0n) is 14.4. The average molecular weight is 358 g/mol. The maximum atomic E-state index is 12.3. The van der Waals surface area contributed by atoms with Crippen LogP contribution in [0.2, 0.25) is 0 Å². The normalized spacial score (nSPS) is 10.3. The van der Waals surface area contributed by atoms with Crippen LogP contribution in [-0.4, -0.2) is 40.0 Å². The summed E-state index contributed by atoms with van der Waals surface area (Å²) in [5, 5.41) is 14.3. The van der Waals surface area contributed by atoms with Gasteiger partial charge in [0.15, 0.2) is 11.4 Å². The largest absolute Gasteiger partial charge is 0.494 e. The Morgan fingerprint density at radius 1 is 1.08 bits per heavy atom. The van der Waals surface area contributed by atoms with Crippen LogP contribution in [0.1, 0.15) is 34.8 Å². The van der Waals surface area contributed by atoms with Gasteiger partial charge in [0.2, 0.25) is 5.91 Å². The van der Waals surface area contributed by atoms with E-state index in [0.717, 1.165) is 0 Å². The Morgan fingerprint density at radius 3 is 2.31 bits per heavy atom. The van der Waals surface area contributed by atoms with Crippen LogP contribution in [0.25, 0.3) is 0 Å². The summed E-state index contributed by atoms with van der Waals surface area (Å²) in [4.78, 5) is 42.7. The number of aromatic carboxylic acids is 1. The third kappa shape index (κ3) is 4.32. The standard InChI is InChI=1S/C17H18N4O5/c1-9(2)15(22)21-11-5-4-10(8-12(11)26-3)20-16(23)13-14(17(24)25)19-7-6-18-13/h4-9H,1-3H3,(H,20,23)(H,21,22)(H,24,25). The van der Waals surface area contributed by atoms with Crippen LogP contribution >= 0.6 is 0 Å². The molecule has 26 heavy (non-hydrogen) atoms. The minimum absolute atomic E-state index is 0.175. The Balaban J connectivity index is 2.24. The number of methoxy groups -OCH3 is 1. The fourth-order valence-electron chi connectivity index (χ4n) is 2.00. The van der Waals surface area contributed by atoms with Gasteiger partial charge in [-0.1, -0.05) is 13.8 Å². The molecule has 0 fully saturated rings. The maximum absolute atomic E-state index is 12.3. The van der Waals surface area contributed by atoms with Crippen LogP contribution in [0, 0.1) is 5.92 Å². The lowest BCUT2D eigenvalue weighted by Gasteiger charge is -2.14. The molecule has 0 aliphatic carbocycles. The molecule has 0 aliphatic rings. The average Bonchev–Trinajstić information content (AvgIpc) is 2.62. The summed E-state index contributed by atoms with van der Waals surface area (Å²) in [6.45, 7) is 3.52. The van der Waals surface area contributed by atoms with Crippen molar-refractivity contribution in [1.82, 2.24) is 9.97 Å². The van der Waals surface area contributed by atoms with Crippen molar-refractivity contribution in [2.45, 2.75) is 13.8 Å². The van der Waals surface area contributed by atoms with E-state index in [1.165, 1.54) is 25.6 Å². The van der Waals surface area contributed by atoms with Crippen molar-refractivity contribution in [3.8, 4) is 5.75 Å². The fraction of sp³-hybridized carbons (Fsp3) is 0.235. The third-order valence-corrected chi connectivity index (χ3v) is 3.36. The zero-order chi connectivity index (χ0) is 19.3. The van der Waals surface area contributed by atoms with E-state index in [-0.39, 0.29) is 17.5 Å². The van der Waals surface area contributed by atoms with Gasteiger partial charge in [0.1, 0.15) is 5.75 Å². The van der Waals surface area contributed by atoms with E-state index in [4.69, 9.17) is 9.84 Å². The highest BCUT2D eigenvalue weighted by atomic mass is 16.5. The van der Waals surface area contributed by atoms with Crippen molar-refractivity contribution in [2.24, 2.45) is 5.92 Å². The Morgan fingerprint density at radius 2 is 1.73 bits per heavy atom. The summed E-state index contributed by atoms with van der Waals surface area (Å²) < 4.78 is 5.23. The monoisotopic (exact) mass is 358 g/mol. The quantitative estimate of drug-likeness (QED) is 0.720. The van der Waals surface area contributed by atoms with Gasteiger partial charge in [-0.25, -0.2) is 14.8 Å². The molecule has 0 atom stereocenters. The van der Waals surface area contributed by atoms with E-state index in [1.807, 2.05) is 0 Å². The second kappa shape index (κ2) is 8.06. The van der Waals surface area contributed by atoms with Gasteiger partial charge in [0.25, 0.3) is 5.91 Å². The van der Waals surface area contributed by atoms with Crippen molar-refractivity contribution >= 4 is 29.2 Å². The highest BCUT2D eigenvalue weighted by Crippen LogP contribution is 2.28. The van der Waals surface area contributed by atoms with Gasteiger partial charge in [0.05, 0.1) is 12.8 Å². The Kier molecular flexibility index (Phi) is 5.84. The number of rotatable bonds is 6. The second-order valence-electron chi connectivity index (χ2n) is 5.57. The molecule has 0 saturated carbocycles. The number of benzene rings is 1. The Hall–Kier alpha value is -3.49. The van der Waals surface area contributed by atoms with Crippen LogP contribution in [0.5, 0.6) is 5.75 Å². The number of amides is 2. The first-order valence-corrected chi connectivity index (χ1v) is 7.68. The molecule has 1 aromatic carbocycles. The number of hydrogen-bond donors (Lipinski definition) is 3. The third-order valence-electron chi connectivity index (χ3n) is 3.36. The van der Waals surface area contributed by atoms with E-state index >= 15 is 0 Å². The molecular formula is C17H18N4O5. The molecule has 2 rings (SSSR count). The SMILES string of the molecule is COc1cc(NC(=O)c2nccnc2C(=O)O)ccc1NC(=O)C(C)C. The molecule has 0 aliphatic heterocycles. The smallest absolute Gasteiger partial charge is 0.356 e. The molecular weight excluding hydrogens is 340 g/mol. The zero-order valence-corrected chi connectivity index (χ0v) is 14.4. The number of anilines is 2. The van der Waals surface area contributed by atoms with Crippen LogP contribution in [0.3, 0.4) is 0 Å². The Labute approximate surface area is 149 Å². The van der Waals surface area contributed by atoms with Gasteiger partial charge in [-0.3, -0.25) is 9.59 Å². The predicted molar refractivity (Wildman–Crippen MR) is 93.4 cm³/mol. The number of ether oxygens (including phenoxy) is 1. The highest BCUT2D eigenvalue weighted by molar-refractivity contribution is 6.08. The molecule has 9 nitrogen and oxygen atoms in total. The lowest BCUT2D eigenvalue weighted by Crippen LogP contribution is -2.20. The van der Waals surface area contributed by atoms with E-state index < -0.39 is 17.6 Å². The Bertz CT molecular complexity index is 851. The van der Waals surface area contributed by atoms with E-state index in [1.54, 1.807) is 26.0 Å². The molecule has 0 radical (unpaired) electrons. The number of carboxylic acid groups (broad SMARTS) is 1. The molecule has 0 bridgehead atoms. The van der Waals surface area contributed by atoms with Crippen LogP contribution in [0.15, 0.2) is 30.6 Å². The summed E-state index contributed by atoms with van der Waals surface area (Å²) in [5.74, 6) is -2.12. The number of nitrogens with one attached hydrogen (secondary N) is 2. The number of hydrogen-bond acceptors (Lipinski definition) is 6. The second-order valence-corrected chi connectivity index (χ2v) is 5.57. The van der Waals surface area contributed by atoms with Crippen LogP contribution in [0.4, 0.5) is 11.4 Å². The molecule has 0 saturated heterocycles. The summed E-state index contributed by atoms with van der Waals surface area (Å²) in [7, 11) is 1.43. The van der Waals surface area contributed by atoms with Gasteiger partial charge < -0.3 is 20.5 Å². The van der Waals surface area contributed by atoms with Crippen molar-refractivity contribution in [3.05, 3.63) is 42.0 Å². The molecule has 2 amide bonds. The molecule has 3 N–H and O–H groups in total. The first kappa shape index (κ1) is 18.8. The van der Waals surface area contributed by atoms with Crippen molar-refractivity contribution in [3.63, 3.8) is 0 Å². The lowest BCUT2D eigenvalue weighted by molar-refractivity contribution is -0.118. The molecule has 2 aromatic rings. The van der Waals surface area contributed by atoms with Crippen LogP contribution in [-0.2, 0) is 4.79 Å². The summed E-state index contributed by atoms with van der Waals surface area (Å²) in [5.41, 5.74) is 0.0419. The van der Waals surface area contributed by atoms with Gasteiger partial charge >= 0.3 is 5.97 Å². The number of carbonyl (C=O) groups is 3. The molecule has 0 unspecified atom stereocenters. The number of aromatic nitrogens is 2. The molecule has 1 heterocycles. The highest BCUT2D eigenvalue weighted by Gasteiger charge is 2.20. The van der Waals surface area contributed by atoms with Gasteiger partial charge in [0, 0.05) is 30.1 Å². The molecule has 1 aromatic heterocycles. The van der Waals surface area contributed by atoms with E-state index in [9.17, 15) is 14.4 Å². The number of carboxylic acids is 1. The number of nitrogens with zero attached hydrogens (tertiary/aromatic N) is 2. The lowest BCUT2D eigenvalue weighted by atomic mass is 10.2. The van der Waals surface area contributed by atoms with E-state index in [0.29, 0.717) is 17.1 Å². The molecule has 136 valence electrons. The first-order valence-electron chi connectivity index (χ1n) is 7.68. The van der Waals surface area contributed by atoms with Gasteiger partial charge in [-0.2, -0.15) is 0 Å². The van der Waals surface area contributed by atoms with E-state index in [2.05, 4.69) is 20.6 Å². The van der Waals surface area contributed by atoms with Gasteiger partial charge in [-0.05, 0) is 12.1 Å². The fourth-order valence-corrected chi connectivity index (χ4v) is 2.00. The molecule has 0 spiro atoms. The summed E-state index contributed by atoms with van der Waals surface area (Å²) >= 11 is 0. The summed E-state index contributed by atoms with van der Waals surface area (Å²) in [6, 6.07) is 4.63. The van der Waals surface area contributed by atoms with Gasteiger partial charge in [-0.15, -0.1) is 0 Å². The summed E-state index contributed by atoms with van der Waals surface area (Å²) in [6.07, 6.45) is 2.42. The maximum Gasteiger partial charge on any atom is 0.356 e. The van der Waals surface area contributed by atoms with Crippen LogP contribution < -0.4 is 15.4 Å². The first-order chi connectivity index (χ1) is 12.3. The van der Waals surface area contributed by atoms with Crippen molar-refractivity contribution in [1.29, 1.82) is 0 Å².